The van der Waals surface area contributed by atoms with Crippen LogP contribution in [0.5, 0.6) is 0 Å². The molecule has 0 aromatic rings. The van der Waals surface area contributed by atoms with E-state index in [1.54, 1.807) is 11.9 Å². The van der Waals surface area contributed by atoms with Gasteiger partial charge < -0.3 is 15.1 Å². The van der Waals surface area contributed by atoms with Crippen molar-refractivity contribution in [2.24, 2.45) is 0 Å². The summed E-state index contributed by atoms with van der Waals surface area (Å²) in [6.07, 6.45) is 5.08. The van der Waals surface area contributed by atoms with Gasteiger partial charge in [0.15, 0.2) is 0 Å². The predicted molar refractivity (Wildman–Crippen MR) is 77.6 cm³/mol. The Morgan fingerprint density at radius 2 is 1.86 bits per heavy atom. The first-order chi connectivity index (χ1) is 9.97. The lowest BCUT2D eigenvalue weighted by Gasteiger charge is -2.27. The van der Waals surface area contributed by atoms with Crippen LogP contribution in [-0.4, -0.2) is 66.9 Å². The molecule has 1 saturated heterocycles. The summed E-state index contributed by atoms with van der Waals surface area (Å²) in [4.78, 5) is 38.4. The van der Waals surface area contributed by atoms with E-state index in [1.807, 2.05) is 0 Å². The Bertz CT molecular complexity index is 420. The number of nitrogens with zero attached hydrogens (tertiary/aromatic N) is 2. The van der Waals surface area contributed by atoms with Crippen LogP contribution in [0.2, 0.25) is 0 Å². The van der Waals surface area contributed by atoms with Gasteiger partial charge in [-0.15, -0.1) is 0 Å². The number of hydrogen-bond donors (Lipinski definition) is 2. The first-order valence-electron chi connectivity index (χ1n) is 7.53. The molecular formula is C14H24N4O3. The van der Waals surface area contributed by atoms with E-state index in [0.717, 1.165) is 6.54 Å². The average Bonchev–Trinajstić information content (AvgIpc) is 3.06. The zero-order valence-electron chi connectivity index (χ0n) is 12.7. The number of carbonyl (C=O) groups is 3. The molecule has 7 heteroatoms. The maximum absolute atomic E-state index is 12.1. The zero-order chi connectivity index (χ0) is 15.4. The third-order valence-corrected chi connectivity index (χ3v) is 4.40. The second-order valence-electron chi connectivity index (χ2n) is 5.95. The lowest BCUT2D eigenvalue weighted by atomic mass is 10.2. The van der Waals surface area contributed by atoms with Crippen molar-refractivity contribution in [3.63, 3.8) is 0 Å². The summed E-state index contributed by atoms with van der Waals surface area (Å²) >= 11 is 0. The smallest absolute Gasteiger partial charge is 0.322 e. The molecule has 21 heavy (non-hydrogen) atoms. The van der Waals surface area contributed by atoms with Gasteiger partial charge in [-0.05, 0) is 19.9 Å². The SMILES string of the molecule is CN(CCN(C)C1CCCC1)C(=O)C[C@H]1NC(=O)NC1=O. The molecule has 0 aromatic heterocycles. The van der Waals surface area contributed by atoms with Gasteiger partial charge in [0.05, 0.1) is 6.42 Å². The highest BCUT2D eigenvalue weighted by atomic mass is 16.2. The van der Waals surface area contributed by atoms with Crippen molar-refractivity contribution < 1.29 is 14.4 Å². The number of amides is 4. The summed E-state index contributed by atoms with van der Waals surface area (Å²) in [5.41, 5.74) is 0. The monoisotopic (exact) mass is 296 g/mol. The maximum atomic E-state index is 12.1. The number of nitrogens with one attached hydrogen (secondary N) is 2. The van der Waals surface area contributed by atoms with Gasteiger partial charge in [0.2, 0.25) is 5.91 Å². The second-order valence-corrected chi connectivity index (χ2v) is 5.95. The van der Waals surface area contributed by atoms with Crippen LogP contribution in [0.15, 0.2) is 0 Å². The van der Waals surface area contributed by atoms with Crippen molar-refractivity contribution in [2.75, 3.05) is 27.2 Å². The first-order valence-corrected chi connectivity index (χ1v) is 7.53. The highest BCUT2D eigenvalue weighted by molar-refractivity contribution is 6.05. The lowest BCUT2D eigenvalue weighted by molar-refractivity contribution is -0.133. The second kappa shape index (κ2) is 6.89. The average molecular weight is 296 g/mol. The van der Waals surface area contributed by atoms with Crippen LogP contribution >= 0.6 is 0 Å². The van der Waals surface area contributed by atoms with Crippen LogP contribution in [0, 0.1) is 0 Å². The Morgan fingerprint density at radius 1 is 1.19 bits per heavy atom. The van der Waals surface area contributed by atoms with Gasteiger partial charge in [0, 0.05) is 26.2 Å². The Morgan fingerprint density at radius 3 is 2.43 bits per heavy atom. The number of carbonyl (C=O) groups excluding carboxylic acids is 3. The first kappa shape index (κ1) is 15.8. The van der Waals surface area contributed by atoms with E-state index in [-0.39, 0.29) is 12.3 Å². The highest BCUT2D eigenvalue weighted by Crippen LogP contribution is 2.22. The fraction of sp³-hybridized carbons (Fsp3) is 0.786. The van der Waals surface area contributed by atoms with Gasteiger partial charge >= 0.3 is 6.03 Å². The van der Waals surface area contributed by atoms with Crippen LogP contribution in [0.1, 0.15) is 32.1 Å². The Kier molecular flexibility index (Phi) is 5.17. The molecular weight excluding hydrogens is 272 g/mol. The third kappa shape index (κ3) is 4.17. The van der Waals surface area contributed by atoms with Crippen LogP contribution in [-0.2, 0) is 9.59 Å². The van der Waals surface area contributed by atoms with Gasteiger partial charge in [-0.2, -0.15) is 0 Å². The number of likely N-dealkylation sites (N-methyl/N-ethyl adjacent to an activating group) is 2. The quantitative estimate of drug-likeness (QED) is 0.672. The fourth-order valence-corrected chi connectivity index (χ4v) is 2.89. The summed E-state index contributed by atoms with van der Waals surface area (Å²) < 4.78 is 0. The number of hydrogen-bond acceptors (Lipinski definition) is 4. The molecule has 118 valence electrons. The van der Waals surface area contributed by atoms with Crippen LogP contribution < -0.4 is 10.6 Å². The molecule has 2 fully saturated rings. The number of imide groups is 1. The predicted octanol–water partition coefficient (Wildman–Crippen LogP) is -0.0827. The van der Waals surface area contributed by atoms with E-state index in [9.17, 15) is 14.4 Å². The van der Waals surface area contributed by atoms with Crippen molar-refractivity contribution in [3.8, 4) is 0 Å². The molecule has 2 rings (SSSR count). The third-order valence-electron chi connectivity index (χ3n) is 4.40. The van der Waals surface area contributed by atoms with Gasteiger partial charge in [-0.25, -0.2) is 4.79 Å². The molecule has 1 aliphatic heterocycles. The van der Waals surface area contributed by atoms with Gasteiger partial charge in [0.25, 0.3) is 5.91 Å². The van der Waals surface area contributed by atoms with E-state index in [2.05, 4.69) is 22.6 Å². The molecule has 0 aromatic carbocycles. The minimum atomic E-state index is -0.736. The standard InChI is InChI=1S/C14H24N4O3/c1-17(10-5-3-4-6-10)7-8-18(2)12(19)9-11-13(20)16-14(21)15-11/h10-11H,3-9H2,1-2H3,(H2,15,16,20,21)/t11-/m1/s1. The molecule has 1 atom stereocenters. The summed E-state index contributed by atoms with van der Waals surface area (Å²) in [7, 11) is 3.83. The topological polar surface area (TPSA) is 81.8 Å². The van der Waals surface area contributed by atoms with Crippen LogP contribution in [0.3, 0.4) is 0 Å². The van der Waals surface area contributed by atoms with E-state index < -0.39 is 18.0 Å². The minimum absolute atomic E-state index is 0.0151. The largest absolute Gasteiger partial charge is 0.344 e. The molecule has 0 radical (unpaired) electrons. The summed E-state index contributed by atoms with van der Waals surface area (Å²) in [5.74, 6) is -0.554. The van der Waals surface area contributed by atoms with E-state index in [1.165, 1.54) is 25.7 Å². The van der Waals surface area contributed by atoms with Crippen molar-refractivity contribution in [3.05, 3.63) is 0 Å². The highest BCUT2D eigenvalue weighted by Gasteiger charge is 2.32. The van der Waals surface area contributed by atoms with Gasteiger partial charge in [-0.1, -0.05) is 12.8 Å². The molecule has 1 aliphatic carbocycles. The normalized spacial score (nSPS) is 22.5. The maximum Gasteiger partial charge on any atom is 0.322 e. The molecule has 2 N–H and O–H groups in total. The lowest BCUT2D eigenvalue weighted by Crippen LogP contribution is -2.41. The van der Waals surface area contributed by atoms with Gasteiger partial charge in [-0.3, -0.25) is 14.9 Å². The molecule has 0 unspecified atom stereocenters. The van der Waals surface area contributed by atoms with Crippen molar-refractivity contribution in [1.82, 2.24) is 20.4 Å². The molecule has 7 nitrogen and oxygen atoms in total. The van der Waals surface area contributed by atoms with Crippen LogP contribution in [0.25, 0.3) is 0 Å². The summed E-state index contributed by atoms with van der Waals surface area (Å²) in [6.45, 7) is 1.46. The molecule has 4 amide bonds. The number of rotatable bonds is 6. The Hall–Kier alpha value is -1.63. The van der Waals surface area contributed by atoms with Crippen LogP contribution in [0.4, 0.5) is 4.79 Å². The Balaban J connectivity index is 1.72. The zero-order valence-corrected chi connectivity index (χ0v) is 12.7. The van der Waals surface area contributed by atoms with E-state index in [4.69, 9.17) is 0 Å². The molecule has 2 aliphatic rings. The summed E-state index contributed by atoms with van der Waals surface area (Å²) in [5, 5.41) is 4.57. The molecule has 0 spiro atoms. The van der Waals surface area contributed by atoms with Crippen molar-refractivity contribution in [1.29, 1.82) is 0 Å². The number of urea groups is 1. The van der Waals surface area contributed by atoms with E-state index >= 15 is 0 Å². The van der Waals surface area contributed by atoms with Crippen molar-refractivity contribution in [2.45, 2.75) is 44.2 Å². The minimum Gasteiger partial charge on any atom is -0.344 e. The summed E-state index contributed by atoms with van der Waals surface area (Å²) in [6, 6.07) is -0.630. The Labute approximate surface area is 125 Å². The fourth-order valence-electron chi connectivity index (χ4n) is 2.89. The molecule has 1 heterocycles. The molecule has 1 saturated carbocycles. The molecule has 0 bridgehead atoms. The van der Waals surface area contributed by atoms with E-state index in [0.29, 0.717) is 12.6 Å². The van der Waals surface area contributed by atoms with Gasteiger partial charge in [0.1, 0.15) is 6.04 Å². The van der Waals surface area contributed by atoms with Crippen molar-refractivity contribution >= 4 is 17.8 Å².